The first-order chi connectivity index (χ1) is 9.20. The molecule has 2 heterocycles. The van der Waals surface area contributed by atoms with Crippen molar-refractivity contribution in [3.8, 4) is 0 Å². The van der Waals surface area contributed by atoms with Gasteiger partial charge in [-0.2, -0.15) is 0 Å². The van der Waals surface area contributed by atoms with Gasteiger partial charge in [-0.1, -0.05) is 6.92 Å². The number of aromatic nitrogens is 2. The van der Waals surface area contributed by atoms with Crippen molar-refractivity contribution in [2.75, 3.05) is 31.1 Å². The first-order valence-corrected chi connectivity index (χ1v) is 7.46. The molecule has 0 aromatic carbocycles. The summed E-state index contributed by atoms with van der Waals surface area (Å²) in [4.78, 5) is 11.6. The van der Waals surface area contributed by atoms with E-state index in [0.717, 1.165) is 49.2 Å². The molecule has 0 spiro atoms. The van der Waals surface area contributed by atoms with E-state index >= 15 is 0 Å². The maximum Gasteiger partial charge on any atom is 0.150 e. The highest BCUT2D eigenvalue weighted by Gasteiger charge is 2.19. The third-order valence-electron chi connectivity index (χ3n) is 3.72. The largest absolute Gasteiger partial charge is 0.355 e. The molecular formula is C15H26N4. The Balaban J connectivity index is 2.11. The fourth-order valence-electron chi connectivity index (χ4n) is 2.77. The van der Waals surface area contributed by atoms with Gasteiger partial charge in [-0.15, -0.1) is 0 Å². The van der Waals surface area contributed by atoms with Gasteiger partial charge < -0.3 is 10.2 Å². The number of rotatable bonds is 5. The normalized spacial score (nSPS) is 19.4. The number of piperidine rings is 1. The molecule has 2 rings (SSSR count). The van der Waals surface area contributed by atoms with Gasteiger partial charge in [0.15, 0.2) is 0 Å². The number of anilines is 1. The predicted molar refractivity (Wildman–Crippen MR) is 79.6 cm³/mol. The molecule has 1 saturated heterocycles. The van der Waals surface area contributed by atoms with Crippen LogP contribution in [0, 0.1) is 19.8 Å². The lowest BCUT2D eigenvalue weighted by atomic mass is 9.99. The lowest BCUT2D eigenvalue weighted by Crippen LogP contribution is -2.39. The van der Waals surface area contributed by atoms with E-state index in [1.54, 1.807) is 0 Å². The Morgan fingerprint density at radius 1 is 1.42 bits per heavy atom. The number of hydrogen-bond donors (Lipinski definition) is 1. The van der Waals surface area contributed by atoms with Gasteiger partial charge in [-0.3, -0.25) is 4.98 Å². The van der Waals surface area contributed by atoms with E-state index in [9.17, 15) is 0 Å². The van der Waals surface area contributed by atoms with Crippen LogP contribution in [0.25, 0.3) is 0 Å². The van der Waals surface area contributed by atoms with Gasteiger partial charge >= 0.3 is 0 Å². The topological polar surface area (TPSA) is 41.0 Å². The van der Waals surface area contributed by atoms with Crippen molar-refractivity contribution in [1.82, 2.24) is 15.3 Å². The van der Waals surface area contributed by atoms with Crippen LogP contribution in [0.5, 0.6) is 0 Å². The summed E-state index contributed by atoms with van der Waals surface area (Å²) in [5, 5.41) is 3.50. The zero-order valence-corrected chi connectivity index (χ0v) is 12.4. The van der Waals surface area contributed by atoms with Crippen molar-refractivity contribution in [3.05, 3.63) is 17.6 Å². The Hall–Kier alpha value is -1.16. The van der Waals surface area contributed by atoms with E-state index in [4.69, 9.17) is 4.98 Å². The van der Waals surface area contributed by atoms with Crippen molar-refractivity contribution in [1.29, 1.82) is 0 Å². The summed E-state index contributed by atoms with van der Waals surface area (Å²) in [5.74, 6) is 1.81. The zero-order valence-electron chi connectivity index (χ0n) is 12.4. The lowest BCUT2D eigenvalue weighted by molar-refractivity contribution is 0.375. The monoisotopic (exact) mass is 262 g/mol. The summed E-state index contributed by atoms with van der Waals surface area (Å²) in [6, 6.07) is 0. The van der Waals surface area contributed by atoms with Gasteiger partial charge in [0.05, 0.1) is 11.4 Å². The van der Waals surface area contributed by atoms with E-state index in [0.29, 0.717) is 0 Å². The first-order valence-electron chi connectivity index (χ1n) is 7.46. The molecule has 106 valence electrons. The summed E-state index contributed by atoms with van der Waals surface area (Å²) in [6.07, 6.45) is 5.62. The van der Waals surface area contributed by atoms with Crippen molar-refractivity contribution in [2.45, 2.75) is 40.0 Å². The van der Waals surface area contributed by atoms with E-state index in [2.05, 4.69) is 29.0 Å². The minimum Gasteiger partial charge on any atom is -0.355 e. The second-order valence-electron chi connectivity index (χ2n) is 5.58. The number of nitrogens with zero attached hydrogens (tertiary/aromatic N) is 3. The van der Waals surface area contributed by atoms with Crippen LogP contribution in [0.2, 0.25) is 0 Å². The first kappa shape index (κ1) is 14.3. The Kier molecular flexibility index (Phi) is 5.14. The molecule has 0 aliphatic carbocycles. The average Bonchev–Trinajstić information content (AvgIpc) is 2.42. The van der Waals surface area contributed by atoms with Crippen molar-refractivity contribution in [3.63, 3.8) is 0 Å². The second kappa shape index (κ2) is 6.85. The van der Waals surface area contributed by atoms with Gasteiger partial charge in [0.1, 0.15) is 5.82 Å². The summed E-state index contributed by atoms with van der Waals surface area (Å²) < 4.78 is 0. The number of hydrogen-bond acceptors (Lipinski definition) is 4. The average molecular weight is 262 g/mol. The Morgan fingerprint density at radius 2 is 2.26 bits per heavy atom. The second-order valence-corrected chi connectivity index (χ2v) is 5.58. The van der Waals surface area contributed by atoms with Gasteiger partial charge in [0.25, 0.3) is 0 Å². The molecule has 0 bridgehead atoms. The maximum atomic E-state index is 4.70. The van der Waals surface area contributed by atoms with Crippen LogP contribution in [0.15, 0.2) is 6.20 Å². The molecule has 0 radical (unpaired) electrons. The number of aryl methyl sites for hydroxylation is 2. The molecule has 0 saturated carbocycles. The molecule has 1 unspecified atom stereocenters. The van der Waals surface area contributed by atoms with Crippen LogP contribution in [-0.2, 0) is 0 Å². The molecule has 1 N–H and O–H groups in total. The highest BCUT2D eigenvalue weighted by molar-refractivity contribution is 5.43. The molecule has 19 heavy (non-hydrogen) atoms. The Bertz CT molecular complexity index is 399. The van der Waals surface area contributed by atoms with Crippen LogP contribution in [0.4, 0.5) is 5.82 Å². The highest BCUT2D eigenvalue weighted by Crippen LogP contribution is 2.20. The van der Waals surface area contributed by atoms with Crippen LogP contribution >= 0.6 is 0 Å². The van der Waals surface area contributed by atoms with Gasteiger partial charge in [-0.25, -0.2) is 4.98 Å². The smallest absolute Gasteiger partial charge is 0.150 e. The fourth-order valence-corrected chi connectivity index (χ4v) is 2.77. The molecule has 1 aliphatic rings. The maximum absolute atomic E-state index is 4.70. The number of nitrogens with one attached hydrogen (secondary N) is 1. The standard InChI is InChI=1S/C15H26N4/c1-4-8-19(11-14-6-5-7-16-10-14)15-13(3)17-9-12(2)18-15/h9,14,16H,4-8,10-11H2,1-3H3. The Morgan fingerprint density at radius 3 is 2.95 bits per heavy atom. The van der Waals surface area contributed by atoms with E-state index in [-0.39, 0.29) is 0 Å². The zero-order chi connectivity index (χ0) is 13.7. The van der Waals surface area contributed by atoms with E-state index in [1.807, 2.05) is 13.1 Å². The predicted octanol–water partition coefficient (Wildman–Crippen LogP) is 2.31. The molecule has 1 aromatic heterocycles. The van der Waals surface area contributed by atoms with Crippen LogP contribution in [0.3, 0.4) is 0 Å². The van der Waals surface area contributed by atoms with Crippen LogP contribution < -0.4 is 10.2 Å². The minimum atomic E-state index is 0.738. The van der Waals surface area contributed by atoms with Crippen molar-refractivity contribution >= 4 is 5.82 Å². The van der Waals surface area contributed by atoms with Gasteiger partial charge in [0, 0.05) is 19.3 Å². The molecule has 1 aliphatic heterocycles. The molecular weight excluding hydrogens is 236 g/mol. The van der Waals surface area contributed by atoms with Gasteiger partial charge in [0.2, 0.25) is 0 Å². The molecule has 0 amide bonds. The van der Waals surface area contributed by atoms with E-state index in [1.165, 1.54) is 19.4 Å². The molecule has 1 aromatic rings. The van der Waals surface area contributed by atoms with E-state index < -0.39 is 0 Å². The third kappa shape index (κ3) is 3.90. The molecule has 1 fully saturated rings. The van der Waals surface area contributed by atoms with Crippen molar-refractivity contribution < 1.29 is 0 Å². The SMILES string of the molecule is CCCN(CC1CCCNC1)c1nc(C)cnc1C. The Labute approximate surface area is 116 Å². The molecule has 1 atom stereocenters. The summed E-state index contributed by atoms with van der Waals surface area (Å²) in [5.41, 5.74) is 2.05. The summed E-state index contributed by atoms with van der Waals surface area (Å²) >= 11 is 0. The molecule has 4 heteroatoms. The van der Waals surface area contributed by atoms with Crippen LogP contribution in [0.1, 0.15) is 37.6 Å². The third-order valence-corrected chi connectivity index (χ3v) is 3.72. The quantitative estimate of drug-likeness (QED) is 0.884. The van der Waals surface area contributed by atoms with Gasteiger partial charge in [-0.05, 0) is 52.1 Å². The fraction of sp³-hybridized carbons (Fsp3) is 0.733. The minimum absolute atomic E-state index is 0.738. The lowest BCUT2D eigenvalue weighted by Gasteiger charge is -2.31. The summed E-state index contributed by atoms with van der Waals surface area (Å²) in [6.45, 7) is 10.8. The van der Waals surface area contributed by atoms with Crippen molar-refractivity contribution in [2.24, 2.45) is 5.92 Å². The highest BCUT2D eigenvalue weighted by atomic mass is 15.2. The van der Waals surface area contributed by atoms with Crippen LogP contribution in [-0.4, -0.2) is 36.1 Å². The summed E-state index contributed by atoms with van der Waals surface area (Å²) in [7, 11) is 0. The molecule has 4 nitrogen and oxygen atoms in total.